The van der Waals surface area contributed by atoms with E-state index in [9.17, 15) is 29.9 Å². The molecule has 2 aromatic rings. The molecule has 0 aliphatic carbocycles. The van der Waals surface area contributed by atoms with E-state index in [-0.39, 0.29) is 25.3 Å². The van der Waals surface area contributed by atoms with E-state index in [1.165, 1.54) is 29.2 Å². The molecule has 1 atom stereocenters. The first kappa shape index (κ1) is 21.8. The number of benzene rings is 2. The molecule has 0 radical (unpaired) electrons. The minimum atomic E-state index is -1.22. The fourth-order valence-electron chi connectivity index (χ4n) is 2.77. The molecule has 154 valence electrons. The number of urea groups is 1. The smallest absolute Gasteiger partial charge is 0.326 e. The molecule has 0 saturated carbocycles. The Hall–Kier alpha value is -3.46. The van der Waals surface area contributed by atoms with Gasteiger partial charge in [0.25, 0.3) is 5.69 Å². The number of nitro groups is 1. The average molecular weight is 401 g/mol. The van der Waals surface area contributed by atoms with E-state index in [2.05, 4.69) is 5.32 Å². The lowest BCUT2D eigenvalue weighted by molar-refractivity contribution is -0.384. The molecule has 29 heavy (non-hydrogen) atoms. The second-order valence-electron chi connectivity index (χ2n) is 6.41. The van der Waals surface area contributed by atoms with Crippen LogP contribution >= 0.6 is 0 Å². The molecule has 0 aromatic heterocycles. The highest BCUT2D eigenvalue weighted by Crippen LogP contribution is 2.13. The normalized spacial score (nSPS) is 11.5. The first-order valence-corrected chi connectivity index (χ1v) is 9.07. The summed E-state index contributed by atoms with van der Waals surface area (Å²) in [5.41, 5.74) is 1.46. The molecule has 0 spiro atoms. The van der Waals surface area contributed by atoms with E-state index in [1.807, 2.05) is 30.3 Å². The SMILES string of the molecule is O=C(O)C(Cc1ccc([N+](=O)[O-])cc1)NC(=O)N(CCO)CCc1ccccc1. The van der Waals surface area contributed by atoms with Gasteiger partial charge < -0.3 is 20.4 Å². The summed E-state index contributed by atoms with van der Waals surface area (Å²) >= 11 is 0. The summed E-state index contributed by atoms with van der Waals surface area (Å²) < 4.78 is 0. The van der Waals surface area contributed by atoms with Crippen LogP contribution in [0.15, 0.2) is 54.6 Å². The quantitative estimate of drug-likeness (QED) is 0.411. The average Bonchev–Trinajstić information content (AvgIpc) is 2.71. The minimum Gasteiger partial charge on any atom is -0.480 e. The van der Waals surface area contributed by atoms with Crippen LogP contribution in [0.25, 0.3) is 0 Å². The van der Waals surface area contributed by atoms with Crippen LogP contribution in [-0.4, -0.2) is 57.8 Å². The number of aliphatic hydroxyl groups is 1. The third-order valence-electron chi connectivity index (χ3n) is 4.35. The van der Waals surface area contributed by atoms with Crippen LogP contribution in [0.1, 0.15) is 11.1 Å². The third kappa shape index (κ3) is 6.89. The monoisotopic (exact) mass is 401 g/mol. The van der Waals surface area contributed by atoms with Crippen LogP contribution in [0.2, 0.25) is 0 Å². The van der Waals surface area contributed by atoms with Gasteiger partial charge in [-0.2, -0.15) is 0 Å². The highest BCUT2D eigenvalue weighted by Gasteiger charge is 2.23. The maximum absolute atomic E-state index is 12.6. The van der Waals surface area contributed by atoms with Gasteiger partial charge in [-0.15, -0.1) is 0 Å². The topological polar surface area (TPSA) is 133 Å². The molecular formula is C20H23N3O6. The number of aliphatic hydroxyl groups excluding tert-OH is 1. The number of carbonyl (C=O) groups excluding carboxylic acids is 1. The number of aliphatic carboxylic acids is 1. The number of amides is 2. The Labute approximate surface area is 167 Å². The predicted molar refractivity (Wildman–Crippen MR) is 106 cm³/mol. The summed E-state index contributed by atoms with van der Waals surface area (Å²) in [4.78, 5) is 35.7. The fourth-order valence-corrected chi connectivity index (χ4v) is 2.77. The second-order valence-corrected chi connectivity index (χ2v) is 6.41. The maximum atomic E-state index is 12.6. The summed E-state index contributed by atoms with van der Waals surface area (Å²) in [6, 6.07) is 13.2. The van der Waals surface area contributed by atoms with Gasteiger partial charge >= 0.3 is 12.0 Å². The molecule has 1 unspecified atom stereocenters. The first-order valence-electron chi connectivity index (χ1n) is 9.07. The van der Waals surface area contributed by atoms with Gasteiger partial charge in [0.05, 0.1) is 11.5 Å². The van der Waals surface area contributed by atoms with Gasteiger partial charge in [0.2, 0.25) is 0 Å². The lowest BCUT2D eigenvalue weighted by atomic mass is 10.1. The zero-order chi connectivity index (χ0) is 21.2. The molecule has 0 aliphatic rings. The fraction of sp³-hybridized carbons (Fsp3) is 0.300. The van der Waals surface area contributed by atoms with Crippen LogP contribution in [0, 0.1) is 10.1 Å². The summed E-state index contributed by atoms with van der Waals surface area (Å²) in [6.45, 7) is 0.144. The van der Waals surface area contributed by atoms with E-state index in [1.54, 1.807) is 0 Å². The molecule has 2 aromatic carbocycles. The van der Waals surface area contributed by atoms with Crippen LogP contribution in [0.3, 0.4) is 0 Å². The van der Waals surface area contributed by atoms with Crippen LogP contribution in [0.5, 0.6) is 0 Å². The van der Waals surface area contributed by atoms with E-state index in [0.717, 1.165) is 5.56 Å². The Morgan fingerprint density at radius 1 is 1.03 bits per heavy atom. The zero-order valence-electron chi connectivity index (χ0n) is 15.7. The van der Waals surface area contributed by atoms with Crippen molar-refractivity contribution >= 4 is 17.7 Å². The molecule has 2 rings (SSSR count). The highest BCUT2D eigenvalue weighted by atomic mass is 16.6. The number of carboxylic acid groups (broad SMARTS) is 1. The van der Waals surface area contributed by atoms with E-state index in [0.29, 0.717) is 18.5 Å². The Kier molecular flexibility index (Phi) is 8.11. The summed E-state index contributed by atoms with van der Waals surface area (Å²) in [7, 11) is 0. The molecule has 2 amide bonds. The maximum Gasteiger partial charge on any atom is 0.326 e. The van der Waals surface area contributed by atoms with E-state index >= 15 is 0 Å². The lowest BCUT2D eigenvalue weighted by Gasteiger charge is -2.24. The van der Waals surface area contributed by atoms with Crippen LogP contribution in [0.4, 0.5) is 10.5 Å². The number of nitrogens with one attached hydrogen (secondary N) is 1. The van der Waals surface area contributed by atoms with Crippen molar-refractivity contribution in [3.8, 4) is 0 Å². The van der Waals surface area contributed by atoms with Crippen molar-refractivity contribution in [1.29, 1.82) is 0 Å². The number of non-ortho nitro benzene ring substituents is 1. The van der Waals surface area contributed by atoms with Gasteiger partial charge in [0.1, 0.15) is 6.04 Å². The van der Waals surface area contributed by atoms with Gasteiger partial charge in [-0.3, -0.25) is 10.1 Å². The standard InChI is InChI=1S/C20H23N3O6/c24-13-12-22(11-10-15-4-2-1-3-5-15)20(27)21-18(19(25)26)14-16-6-8-17(9-7-16)23(28)29/h1-9,18,24H,10-14H2,(H,21,27)(H,25,26). The number of hydrogen-bond acceptors (Lipinski definition) is 5. The van der Waals surface area contributed by atoms with Crippen molar-refractivity contribution in [3.05, 3.63) is 75.8 Å². The minimum absolute atomic E-state index is 0.0231. The molecule has 3 N–H and O–H groups in total. The van der Waals surface area contributed by atoms with Crippen LogP contribution < -0.4 is 5.32 Å². The van der Waals surface area contributed by atoms with Gasteiger partial charge in [-0.1, -0.05) is 42.5 Å². The van der Waals surface area contributed by atoms with Crippen molar-refractivity contribution < 1.29 is 24.7 Å². The second kappa shape index (κ2) is 10.8. The van der Waals surface area contributed by atoms with Gasteiger partial charge in [0, 0.05) is 31.6 Å². The van der Waals surface area contributed by atoms with Crippen LogP contribution in [-0.2, 0) is 17.6 Å². The van der Waals surface area contributed by atoms with Crippen molar-refractivity contribution in [2.75, 3.05) is 19.7 Å². The molecule has 9 heteroatoms. The van der Waals surface area contributed by atoms with E-state index < -0.39 is 23.0 Å². The summed E-state index contributed by atoms with van der Waals surface area (Å²) in [5, 5.41) is 31.9. The zero-order valence-corrected chi connectivity index (χ0v) is 15.7. The predicted octanol–water partition coefficient (Wildman–Crippen LogP) is 1.84. The number of nitrogens with zero attached hydrogens (tertiary/aromatic N) is 2. The van der Waals surface area contributed by atoms with Gasteiger partial charge in [-0.25, -0.2) is 9.59 Å². The molecule has 0 aliphatic heterocycles. The number of hydrogen-bond donors (Lipinski definition) is 3. The molecule has 0 heterocycles. The first-order chi connectivity index (χ1) is 13.9. The Bertz CT molecular complexity index is 826. The van der Waals surface area contributed by atoms with Crippen molar-refractivity contribution in [1.82, 2.24) is 10.2 Å². The van der Waals surface area contributed by atoms with Crippen molar-refractivity contribution in [3.63, 3.8) is 0 Å². The Morgan fingerprint density at radius 2 is 1.69 bits per heavy atom. The summed E-state index contributed by atoms with van der Waals surface area (Å²) in [5.74, 6) is -1.22. The summed E-state index contributed by atoms with van der Waals surface area (Å²) in [6.07, 6.45) is 0.541. The number of nitro benzene ring substituents is 1. The number of carboxylic acids is 1. The van der Waals surface area contributed by atoms with Crippen molar-refractivity contribution in [2.45, 2.75) is 18.9 Å². The Morgan fingerprint density at radius 3 is 2.24 bits per heavy atom. The number of carbonyl (C=O) groups is 2. The molecule has 9 nitrogen and oxygen atoms in total. The molecule has 0 bridgehead atoms. The molecule has 0 saturated heterocycles. The molecule has 0 fully saturated rings. The number of rotatable bonds is 10. The van der Waals surface area contributed by atoms with Gasteiger partial charge in [-0.05, 0) is 17.5 Å². The van der Waals surface area contributed by atoms with Gasteiger partial charge in [0.15, 0.2) is 0 Å². The Balaban J connectivity index is 2.01. The van der Waals surface area contributed by atoms with Crippen molar-refractivity contribution in [2.24, 2.45) is 0 Å². The third-order valence-corrected chi connectivity index (χ3v) is 4.35. The van der Waals surface area contributed by atoms with E-state index in [4.69, 9.17) is 0 Å². The highest BCUT2D eigenvalue weighted by molar-refractivity contribution is 5.82. The molecular weight excluding hydrogens is 378 g/mol. The lowest BCUT2D eigenvalue weighted by Crippen LogP contribution is -2.50. The largest absolute Gasteiger partial charge is 0.480 e.